The van der Waals surface area contributed by atoms with Crippen molar-refractivity contribution in [3.63, 3.8) is 0 Å². The number of fused-ring (bicyclic) bond motifs is 1. The second-order valence-corrected chi connectivity index (χ2v) is 10.2. The third kappa shape index (κ3) is 5.84. The van der Waals surface area contributed by atoms with Gasteiger partial charge < -0.3 is 23.7 Å². The van der Waals surface area contributed by atoms with Crippen LogP contribution in [0.15, 0.2) is 83.0 Å². The zero-order chi connectivity index (χ0) is 29.8. The van der Waals surface area contributed by atoms with Crippen molar-refractivity contribution in [2.45, 2.75) is 25.2 Å². The van der Waals surface area contributed by atoms with Crippen LogP contribution in [0.4, 0.5) is 5.69 Å². The van der Waals surface area contributed by atoms with Gasteiger partial charge in [-0.3, -0.25) is 10.1 Å². The van der Waals surface area contributed by atoms with Gasteiger partial charge in [-0.05, 0) is 48.5 Å². The monoisotopic (exact) mass is 585 g/mol. The molecular formula is C30H27N5O6S. The summed E-state index contributed by atoms with van der Waals surface area (Å²) in [6.07, 6.45) is 3.51. The van der Waals surface area contributed by atoms with E-state index < -0.39 is 10.9 Å². The zero-order valence-corrected chi connectivity index (χ0v) is 23.9. The van der Waals surface area contributed by atoms with E-state index in [-0.39, 0.29) is 10.6 Å². The summed E-state index contributed by atoms with van der Waals surface area (Å²) in [5.41, 5.74) is 3.25. The molecule has 0 spiro atoms. The van der Waals surface area contributed by atoms with E-state index in [1.165, 1.54) is 12.1 Å². The van der Waals surface area contributed by atoms with Gasteiger partial charge >= 0.3 is 5.97 Å². The number of aromatic nitrogens is 4. The third-order valence-corrected chi connectivity index (χ3v) is 7.66. The van der Waals surface area contributed by atoms with Crippen molar-refractivity contribution in [1.29, 1.82) is 0 Å². The van der Waals surface area contributed by atoms with Gasteiger partial charge in [-0.25, -0.2) is 4.79 Å². The van der Waals surface area contributed by atoms with Crippen LogP contribution in [0.1, 0.15) is 18.1 Å². The number of carboxylic acids is 1. The van der Waals surface area contributed by atoms with Crippen LogP contribution in [0.25, 0.3) is 28.4 Å². The Balaban J connectivity index is 1.50. The molecule has 0 fully saturated rings. The molecule has 5 rings (SSSR count). The molecule has 0 saturated heterocycles. The largest absolute Gasteiger partial charge is 0.497 e. The smallest absolute Gasteiger partial charge is 0.342 e. The van der Waals surface area contributed by atoms with Crippen molar-refractivity contribution in [3.8, 4) is 22.9 Å². The number of carboxylic acid groups (broad SMARTS) is 1. The summed E-state index contributed by atoms with van der Waals surface area (Å²) in [5.74, 6) is 0.657. The summed E-state index contributed by atoms with van der Waals surface area (Å²) in [6.45, 7) is 2.90. The number of hydrogen-bond donors (Lipinski definition) is 1. The Hall–Kier alpha value is -5.10. The predicted octanol–water partition coefficient (Wildman–Crippen LogP) is 6.11. The van der Waals surface area contributed by atoms with Crippen molar-refractivity contribution in [2.75, 3.05) is 14.2 Å². The summed E-state index contributed by atoms with van der Waals surface area (Å²) >= 11 is 1.02. The number of rotatable bonds is 11. The van der Waals surface area contributed by atoms with Gasteiger partial charge in [0.1, 0.15) is 16.4 Å². The lowest BCUT2D eigenvalue weighted by Gasteiger charge is -2.10. The van der Waals surface area contributed by atoms with E-state index in [9.17, 15) is 20.0 Å². The number of para-hydroxylation sites is 1. The Morgan fingerprint density at radius 3 is 2.36 bits per heavy atom. The molecular weight excluding hydrogens is 558 g/mol. The third-order valence-electron chi connectivity index (χ3n) is 6.66. The van der Waals surface area contributed by atoms with E-state index in [1.54, 1.807) is 38.5 Å². The number of methoxy groups -OCH3 is 2. The lowest BCUT2D eigenvalue weighted by Crippen LogP contribution is -2.03. The van der Waals surface area contributed by atoms with E-state index in [0.717, 1.165) is 39.4 Å². The van der Waals surface area contributed by atoms with Gasteiger partial charge in [-0.15, -0.1) is 10.2 Å². The van der Waals surface area contributed by atoms with Crippen molar-refractivity contribution in [3.05, 3.63) is 99.1 Å². The van der Waals surface area contributed by atoms with E-state index >= 15 is 0 Å². The summed E-state index contributed by atoms with van der Waals surface area (Å²) in [7, 11) is 3.13. The Kier molecular flexibility index (Phi) is 8.25. The summed E-state index contributed by atoms with van der Waals surface area (Å²) in [5, 5.41) is 31.2. The normalized spacial score (nSPS) is 11.5. The molecule has 42 heavy (non-hydrogen) atoms. The van der Waals surface area contributed by atoms with Crippen LogP contribution in [-0.4, -0.2) is 49.6 Å². The maximum atomic E-state index is 12.4. The first-order chi connectivity index (χ1) is 20.3. The van der Waals surface area contributed by atoms with Gasteiger partial charge in [0, 0.05) is 59.5 Å². The van der Waals surface area contributed by atoms with Gasteiger partial charge in [0.05, 0.1) is 19.1 Å². The van der Waals surface area contributed by atoms with Crippen LogP contribution in [0, 0.1) is 10.1 Å². The first-order valence-electron chi connectivity index (χ1n) is 12.9. The Morgan fingerprint density at radius 1 is 1.05 bits per heavy atom. The van der Waals surface area contributed by atoms with Crippen molar-refractivity contribution in [1.82, 2.24) is 19.3 Å². The number of nitro groups is 1. The lowest BCUT2D eigenvalue weighted by molar-refractivity contribution is -0.384. The number of nitro benzene ring substituents is 1. The number of ether oxygens (including phenoxy) is 2. The molecule has 3 aromatic carbocycles. The molecule has 0 atom stereocenters. The summed E-state index contributed by atoms with van der Waals surface area (Å²) in [6, 6.07) is 19.5. The highest BCUT2D eigenvalue weighted by atomic mass is 32.2. The second kappa shape index (κ2) is 12.2. The van der Waals surface area contributed by atoms with E-state index in [1.807, 2.05) is 58.7 Å². The topological polar surface area (TPSA) is 135 Å². The molecule has 0 bridgehead atoms. The van der Waals surface area contributed by atoms with Gasteiger partial charge in [0.2, 0.25) is 0 Å². The average molecular weight is 586 g/mol. The SMILES string of the molecule is CCn1c(S/C(=C\c2cn(Cc3ccc([N+](=O)[O-])cc3)c3ccccc23)C(=O)O)nnc1-c1cc(OC)cc(OC)c1. The van der Waals surface area contributed by atoms with Crippen molar-refractivity contribution >= 4 is 40.4 Å². The molecule has 12 heteroatoms. The maximum absolute atomic E-state index is 12.4. The Morgan fingerprint density at radius 2 is 1.74 bits per heavy atom. The highest BCUT2D eigenvalue weighted by molar-refractivity contribution is 8.04. The predicted molar refractivity (Wildman–Crippen MR) is 160 cm³/mol. The molecule has 11 nitrogen and oxygen atoms in total. The minimum Gasteiger partial charge on any atom is -0.497 e. The van der Waals surface area contributed by atoms with Crippen LogP contribution in [-0.2, 0) is 17.9 Å². The van der Waals surface area contributed by atoms with Gasteiger partial charge in [0.25, 0.3) is 5.69 Å². The van der Waals surface area contributed by atoms with Crippen LogP contribution in [0.3, 0.4) is 0 Å². The molecule has 0 aliphatic heterocycles. The number of hydrogen-bond acceptors (Lipinski definition) is 8. The number of non-ortho nitro benzene ring substituents is 1. The van der Waals surface area contributed by atoms with E-state index in [0.29, 0.717) is 35.6 Å². The number of thioether (sulfide) groups is 1. The summed E-state index contributed by atoms with van der Waals surface area (Å²) in [4.78, 5) is 23.1. The maximum Gasteiger partial charge on any atom is 0.342 e. The van der Waals surface area contributed by atoms with Crippen LogP contribution in [0.2, 0.25) is 0 Å². The first kappa shape index (κ1) is 28.4. The molecule has 2 aromatic heterocycles. The van der Waals surface area contributed by atoms with Gasteiger partial charge in [0.15, 0.2) is 11.0 Å². The zero-order valence-electron chi connectivity index (χ0n) is 23.1. The molecule has 214 valence electrons. The number of nitrogens with zero attached hydrogens (tertiary/aromatic N) is 5. The summed E-state index contributed by atoms with van der Waals surface area (Å²) < 4.78 is 14.6. The first-order valence-corrected chi connectivity index (χ1v) is 13.7. The fourth-order valence-electron chi connectivity index (χ4n) is 4.61. The minimum absolute atomic E-state index is 0.0245. The molecule has 0 amide bonds. The van der Waals surface area contributed by atoms with Crippen molar-refractivity contribution < 1.29 is 24.3 Å². The standard InChI is InChI=1S/C30H27N5O6S/c1-4-34-28(20-13-23(40-2)16-24(14-20)41-3)31-32-30(34)42-27(29(36)37)15-21-18-33(26-8-6-5-7-25(21)26)17-19-9-11-22(12-10-19)35(38)39/h5-16,18H,4,17H2,1-3H3,(H,36,37)/b27-15-. The van der Waals surface area contributed by atoms with Crippen LogP contribution in [0.5, 0.6) is 11.5 Å². The number of aliphatic carboxylic acids is 1. The van der Waals surface area contributed by atoms with E-state index in [2.05, 4.69) is 10.2 Å². The average Bonchev–Trinajstić information content (AvgIpc) is 3.57. The van der Waals surface area contributed by atoms with Crippen LogP contribution < -0.4 is 9.47 Å². The molecule has 0 aliphatic carbocycles. The molecule has 1 N–H and O–H groups in total. The fraction of sp³-hybridized carbons (Fsp3) is 0.167. The Labute approximate surface area is 245 Å². The van der Waals surface area contributed by atoms with Crippen LogP contribution >= 0.6 is 11.8 Å². The fourth-order valence-corrected chi connectivity index (χ4v) is 5.49. The van der Waals surface area contributed by atoms with Crippen molar-refractivity contribution in [2.24, 2.45) is 0 Å². The lowest BCUT2D eigenvalue weighted by atomic mass is 10.1. The molecule has 0 unspecified atom stereocenters. The van der Waals surface area contributed by atoms with Gasteiger partial charge in [-0.2, -0.15) is 0 Å². The highest BCUT2D eigenvalue weighted by Gasteiger charge is 2.20. The molecule has 0 radical (unpaired) electrons. The number of carbonyl (C=O) groups is 1. The minimum atomic E-state index is -1.09. The van der Waals surface area contributed by atoms with Gasteiger partial charge in [-0.1, -0.05) is 30.3 Å². The van der Waals surface area contributed by atoms with E-state index in [4.69, 9.17) is 9.47 Å². The quantitative estimate of drug-likeness (QED) is 0.0843. The molecule has 0 saturated carbocycles. The highest BCUT2D eigenvalue weighted by Crippen LogP contribution is 2.34. The second-order valence-electron chi connectivity index (χ2n) is 9.22. The molecule has 0 aliphatic rings. The molecule has 2 heterocycles. The Bertz CT molecular complexity index is 1790. The molecule has 5 aromatic rings. The number of benzene rings is 3.